The van der Waals surface area contributed by atoms with Crippen molar-refractivity contribution in [3.63, 3.8) is 0 Å². The Morgan fingerprint density at radius 2 is 1.93 bits per heavy atom. The summed E-state index contributed by atoms with van der Waals surface area (Å²) in [6.07, 6.45) is -3.27. The van der Waals surface area contributed by atoms with E-state index in [1.165, 1.54) is 0 Å². The number of fused-ring (bicyclic) bond motifs is 1. The molecule has 0 spiro atoms. The number of sulfonamides is 1. The first kappa shape index (κ1) is 22.2. The molecule has 8 nitrogen and oxygen atoms in total. The van der Waals surface area contributed by atoms with E-state index in [2.05, 4.69) is 4.98 Å². The number of hydrogen-bond donors (Lipinski definition) is 1. The molecule has 0 amide bonds. The van der Waals surface area contributed by atoms with Gasteiger partial charge in [-0.3, -0.25) is 9.36 Å². The summed E-state index contributed by atoms with van der Waals surface area (Å²) >= 11 is 0. The number of hydrogen-bond acceptors (Lipinski definition) is 6. The monoisotopic (exact) mass is 446 g/mol. The predicted octanol–water partition coefficient (Wildman–Crippen LogP) is 1.31. The minimum Gasteiger partial charge on any atom is -0.370 e. The molecule has 2 heterocycles. The summed E-state index contributed by atoms with van der Waals surface area (Å²) in [5.74, 6) is -0.170. The molecule has 2 aromatic rings. The van der Waals surface area contributed by atoms with Crippen LogP contribution in [0.25, 0.3) is 0 Å². The summed E-state index contributed by atoms with van der Waals surface area (Å²) in [7, 11) is -3.53. The SMILES string of the molecule is CS(=O)(=O)N1CCc2nc(N)n(C(COCC(F)(F)F)c3ccccc3)c(=O)c2C1. The molecule has 0 bridgehead atoms. The molecule has 0 radical (unpaired) electrons. The molecule has 2 N–H and O–H groups in total. The summed E-state index contributed by atoms with van der Waals surface area (Å²) < 4.78 is 68.5. The Hall–Kier alpha value is -2.44. The van der Waals surface area contributed by atoms with Gasteiger partial charge in [-0.2, -0.15) is 17.5 Å². The summed E-state index contributed by atoms with van der Waals surface area (Å²) in [5, 5.41) is 0. The molecule has 3 rings (SSSR count). The molecule has 1 aromatic heterocycles. The Balaban J connectivity index is 2.04. The van der Waals surface area contributed by atoms with Crippen molar-refractivity contribution in [2.75, 3.05) is 31.7 Å². The highest BCUT2D eigenvalue weighted by Crippen LogP contribution is 2.24. The number of benzene rings is 1. The molecule has 12 heteroatoms. The molecule has 0 saturated heterocycles. The first-order valence-corrected chi connectivity index (χ1v) is 10.9. The summed E-state index contributed by atoms with van der Waals surface area (Å²) in [5.41, 5.74) is 6.44. The number of alkyl halides is 3. The van der Waals surface area contributed by atoms with Crippen LogP contribution in [0.5, 0.6) is 0 Å². The van der Waals surface area contributed by atoms with Gasteiger partial charge in [0.25, 0.3) is 5.56 Å². The minimum absolute atomic E-state index is 0.151. The molecular weight excluding hydrogens is 425 g/mol. The Bertz CT molecular complexity index is 1070. The highest BCUT2D eigenvalue weighted by molar-refractivity contribution is 7.88. The molecule has 30 heavy (non-hydrogen) atoms. The van der Waals surface area contributed by atoms with Gasteiger partial charge in [-0.25, -0.2) is 13.4 Å². The number of halogens is 3. The normalized spacial score (nSPS) is 16.3. The summed E-state index contributed by atoms with van der Waals surface area (Å²) in [4.78, 5) is 17.5. The number of ether oxygens (including phenoxy) is 1. The summed E-state index contributed by atoms with van der Waals surface area (Å²) in [6, 6.07) is 7.37. The number of anilines is 1. The van der Waals surface area contributed by atoms with Gasteiger partial charge in [-0.1, -0.05) is 30.3 Å². The Morgan fingerprint density at radius 3 is 2.53 bits per heavy atom. The third-order valence-corrected chi connectivity index (χ3v) is 6.01. The maximum absolute atomic E-state index is 13.2. The number of nitrogens with two attached hydrogens (primary N) is 1. The van der Waals surface area contributed by atoms with Gasteiger partial charge in [0.05, 0.1) is 30.2 Å². The molecule has 1 aliphatic rings. The standard InChI is InChI=1S/C18H21F3N4O4S/c1-30(27,28)24-8-7-14-13(9-24)16(26)25(17(22)23-14)15(10-29-11-18(19,20)21)12-5-3-2-4-6-12/h2-6,15H,7-11H2,1H3,(H2,22,23). The van der Waals surface area contributed by atoms with E-state index in [1.54, 1.807) is 30.3 Å². The molecule has 1 atom stereocenters. The van der Waals surface area contributed by atoms with Crippen molar-refractivity contribution in [3.8, 4) is 0 Å². The lowest BCUT2D eigenvalue weighted by atomic mass is 10.1. The number of aromatic nitrogens is 2. The Morgan fingerprint density at radius 1 is 1.27 bits per heavy atom. The van der Waals surface area contributed by atoms with E-state index in [4.69, 9.17) is 10.5 Å². The summed E-state index contributed by atoms with van der Waals surface area (Å²) in [6.45, 7) is -1.96. The second kappa shape index (κ2) is 8.36. The van der Waals surface area contributed by atoms with Crippen molar-refractivity contribution in [1.82, 2.24) is 13.9 Å². The van der Waals surface area contributed by atoms with Crippen LogP contribution in [-0.4, -0.2) is 54.5 Å². The number of nitrogen functional groups attached to an aromatic ring is 1. The quantitative estimate of drug-likeness (QED) is 0.717. The molecule has 0 aliphatic carbocycles. The first-order chi connectivity index (χ1) is 14.0. The van der Waals surface area contributed by atoms with Crippen LogP contribution < -0.4 is 11.3 Å². The minimum atomic E-state index is -4.53. The van der Waals surface area contributed by atoms with Crippen LogP contribution >= 0.6 is 0 Å². The van der Waals surface area contributed by atoms with Crippen LogP contribution in [0, 0.1) is 0 Å². The Labute approximate surface area is 171 Å². The molecule has 1 aromatic carbocycles. The van der Waals surface area contributed by atoms with Crippen molar-refractivity contribution >= 4 is 16.0 Å². The molecule has 164 valence electrons. The average Bonchev–Trinajstić information content (AvgIpc) is 2.65. The topological polar surface area (TPSA) is 108 Å². The van der Waals surface area contributed by atoms with Crippen LogP contribution in [0.3, 0.4) is 0 Å². The van der Waals surface area contributed by atoms with Crippen molar-refractivity contribution in [2.24, 2.45) is 0 Å². The zero-order chi connectivity index (χ0) is 22.1. The van der Waals surface area contributed by atoms with E-state index >= 15 is 0 Å². The second-order valence-electron chi connectivity index (χ2n) is 6.97. The predicted molar refractivity (Wildman–Crippen MR) is 103 cm³/mol. The van der Waals surface area contributed by atoms with Crippen molar-refractivity contribution in [2.45, 2.75) is 25.2 Å². The van der Waals surface area contributed by atoms with E-state index < -0.39 is 41.0 Å². The highest BCUT2D eigenvalue weighted by atomic mass is 32.2. The lowest BCUT2D eigenvalue weighted by molar-refractivity contribution is -0.175. The van der Waals surface area contributed by atoms with E-state index in [1.807, 2.05) is 0 Å². The molecular formula is C18H21F3N4O4S. The molecule has 0 fully saturated rings. The van der Waals surface area contributed by atoms with Crippen LogP contribution in [0.4, 0.5) is 19.1 Å². The van der Waals surface area contributed by atoms with Crippen molar-refractivity contribution < 1.29 is 26.3 Å². The lowest BCUT2D eigenvalue weighted by Gasteiger charge is -2.28. The number of rotatable bonds is 6. The van der Waals surface area contributed by atoms with Crippen LogP contribution in [0.15, 0.2) is 35.1 Å². The van der Waals surface area contributed by atoms with Gasteiger partial charge < -0.3 is 10.5 Å². The van der Waals surface area contributed by atoms with Gasteiger partial charge in [0.2, 0.25) is 16.0 Å². The average molecular weight is 446 g/mol. The van der Waals surface area contributed by atoms with Gasteiger partial charge in [-0.05, 0) is 5.56 Å². The zero-order valence-corrected chi connectivity index (χ0v) is 16.9. The van der Waals surface area contributed by atoms with E-state index in [0.717, 1.165) is 15.1 Å². The van der Waals surface area contributed by atoms with Gasteiger partial charge in [0, 0.05) is 19.5 Å². The second-order valence-corrected chi connectivity index (χ2v) is 8.96. The molecule has 1 aliphatic heterocycles. The lowest BCUT2D eigenvalue weighted by Crippen LogP contribution is -2.42. The fourth-order valence-corrected chi connectivity index (χ4v) is 4.14. The fraction of sp³-hybridized carbons (Fsp3) is 0.444. The maximum atomic E-state index is 13.2. The van der Waals surface area contributed by atoms with Crippen molar-refractivity contribution in [3.05, 3.63) is 57.5 Å². The maximum Gasteiger partial charge on any atom is 0.411 e. The number of nitrogens with zero attached hydrogens (tertiary/aromatic N) is 3. The van der Waals surface area contributed by atoms with Gasteiger partial charge in [0.1, 0.15) is 6.61 Å². The van der Waals surface area contributed by atoms with Crippen LogP contribution in [0.2, 0.25) is 0 Å². The van der Waals surface area contributed by atoms with E-state index in [-0.39, 0.29) is 31.0 Å². The van der Waals surface area contributed by atoms with Crippen LogP contribution in [-0.2, 0) is 27.7 Å². The smallest absolute Gasteiger partial charge is 0.370 e. The van der Waals surface area contributed by atoms with Gasteiger partial charge in [-0.15, -0.1) is 0 Å². The Kier molecular flexibility index (Phi) is 6.20. The molecule has 0 saturated carbocycles. The van der Waals surface area contributed by atoms with Gasteiger partial charge in [0.15, 0.2) is 0 Å². The third-order valence-electron chi connectivity index (χ3n) is 4.76. The fourth-order valence-electron chi connectivity index (χ4n) is 3.35. The van der Waals surface area contributed by atoms with Gasteiger partial charge >= 0.3 is 6.18 Å². The third kappa shape index (κ3) is 4.99. The highest BCUT2D eigenvalue weighted by Gasteiger charge is 2.31. The van der Waals surface area contributed by atoms with Crippen molar-refractivity contribution in [1.29, 1.82) is 0 Å². The first-order valence-electron chi connectivity index (χ1n) is 9.01. The zero-order valence-electron chi connectivity index (χ0n) is 16.1. The van der Waals surface area contributed by atoms with Crippen LogP contribution in [0.1, 0.15) is 22.9 Å². The van der Waals surface area contributed by atoms with E-state index in [0.29, 0.717) is 11.3 Å². The van der Waals surface area contributed by atoms with E-state index in [9.17, 15) is 26.4 Å². The molecule has 1 unspecified atom stereocenters. The largest absolute Gasteiger partial charge is 0.411 e.